The van der Waals surface area contributed by atoms with E-state index in [9.17, 15) is 9.59 Å². The van der Waals surface area contributed by atoms with Crippen LogP contribution in [0.2, 0.25) is 0 Å². The van der Waals surface area contributed by atoms with Crippen LogP contribution in [-0.2, 0) is 4.79 Å². The van der Waals surface area contributed by atoms with Crippen molar-refractivity contribution >= 4 is 12.0 Å². The Bertz CT molecular complexity index is 322. The predicted octanol–water partition coefficient (Wildman–Crippen LogP) is 0.587. The summed E-state index contributed by atoms with van der Waals surface area (Å²) in [4.78, 5) is 27.1. The van der Waals surface area contributed by atoms with Gasteiger partial charge in [0.25, 0.3) is 0 Å². The monoisotopic (exact) mass is 257 g/mol. The van der Waals surface area contributed by atoms with Crippen molar-refractivity contribution in [3.8, 4) is 0 Å². The van der Waals surface area contributed by atoms with Crippen LogP contribution in [0.3, 0.4) is 0 Å². The molecule has 0 radical (unpaired) electrons. The van der Waals surface area contributed by atoms with Crippen LogP contribution in [0.5, 0.6) is 0 Å². The maximum absolute atomic E-state index is 12.1. The Hall–Kier alpha value is -1.30. The summed E-state index contributed by atoms with van der Waals surface area (Å²) >= 11 is 0. The van der Waals surface area contributed by atoms with Crippen LogP contribution >= 0.6 is 0 Å². The summed E-state index contributed by atoms with van der Waals surface area (Å²) < 4.78 is 0. The molecule has 0 aromatic rings. The third kappa shape index (κ3) is 3.60. The third-order valence-corrected chi connectivity index (χ3v) is 3.57. The van der Waals surface area contributed by atoms with Crippen molar-refractivity contribution in [3.05, 3.63) is 0 Å². The number of hydrogen-bond donors (Lipinski definition) is 2. The number of hydrogen-bond acceptors (Lipinski definition) is 3. The molecule has 0 aromatic carbocycles. The highest BCUT2D eigenvalue weighted by molar-refractivity contribution is 5.85. The van der Waals surface area contributed by atoms with Crippen molar-refractivity contribution in [1.82, 2.24) is 15.1 Å². The average Bonchev–Trinajstić information content (AvgIpc) is 2.53. The molecule has 0 aliphatic carbocycles. The molecule has 1 heterocycles. The minimum Gasteiger partial charge on any atom is -0.480 e. The second kappa shape index (κ2) is 6.04. The topological polar surface area (TPSA) is 72.9 Å². The highest BCUT2D eigenvalue weighted by Crippen LogP contribution is 2.11. The zero-order valence-electron chi connectivity index (χ0n) is 11.4. The standard InChI is InChI=1S/C12H23N3O3/c1-4-12(2,10(16)17)13-11(18)15-7-5-6-14(3)8-9-15/h4-9H2,1-3H3,(H,13,18)(H,16,17). The molecule has 1 atom stereocenters. The van der Waals surface area contributed by atoms with Crippen molar-refractivity contribution in [2.75, 3.05) is 33.2 Å². The normalized spacial score (nSPS) is 20.9. The fourth-order valence-corrected chi connectivity index (χ4v) is 1.86. The maximum Gasteiger partial charge on any atom is 0.329 e. The molecule has 104 valence electrons. The van der Waals surface area contributed by atoms with E-state index in [-0.39, 0.29) is 6.03 Å². The molecule has 1 aliphatic rings. The molecule has 1 saturated heterocycles. The molecule has 2 amide bonds. The minimum absolute atomic E-state index is 0.281. The predicted molar refractivity (Wildman–Crippen MR) is 68.6 cm³/mol. The molecule has 1 rings (SSSR count). The molecule has 6 nitrogen and oxygen atoms in total. The second-order valence-electron chi connectivity index (χ2n) is 5.06. The van der Waals surface area contributed by atoms with Gasteiger partial charge in [0.2, 0.25) is 0 Å². The molecule has 1 unspecified atom stereocenters. The number of carbonyl (C=O) groups is 2. The molecule has 18 heavy (non-hydrogen) atoms. The summed E-state index contributed by atoms with van der Waals surface area (Å²) in [5.41, 5.74) is -1.19. The van der Waals surface area contributed by atoms with E-state index in [2.05, 4.69) is 10.2 Å². The molecular weight excluding hydrogens is 234 g/mol. The minimum atomic E-state index is -1.19. The van der Waals surface area contributed by atoms with Crippen LogP contribution in [0.15, 0.2) is 0 Å². The van der Waals surface area contributed by atoms with Gasteiger partial charge in [0.1, 0.15) is 5.54 Å². The Balaban J connectivity index is 2.61. The number of carboxylic acids is 1. The summed E-state index contributed by atoms with van der Waals surface area (Å²) in [6.45, 7) is 6.40. The number of nitrogens with zero attached hydrogens (tertiary/aromatic N) is 2. The van der Waals surface area contributed by atoms with Crippen LogP contribution in [0.1, 0.15) is 26.7 Å². The Morgan fingerprint density at radius 2 is 1.94 bits per heavy atom. The van der Waals surface area contributed by atoms with E-state index in [1.165, 1.54) is 6.92 Å². The highest BCUT2D eigenvalue weighted by atomic mass is 16.4. The number of carboxylic acid groups (broad SMARTS) is 1. The highest BCUT2D eigenvalue weighted by Gasteiger charge is 2.34. The second-order valence-corrected chi connectivity index (χ2v) is 5.06. The maximum atomic E-state index is 12.1. The number of carbonyl (C=O) groups excluding carboxylic acids is 1. The lowest BCUT2D eigenvalue weighted by Gasteiger charge is -2.29. The molecule has 0 aromatic heterocycles. The number of likely N-dealkylation sites (N-methyl/N-ethyl adjacent to an activating group) is 1. The van der Waals surface area contributed by atoms with E-state index in [1.807, 2.05) is 7.05 Å². The van der Waals surface area contributed by atoms with Gasteiger partial charge >= 0.3 is 12.0 Å². The van der Waals surface area contributed by atoms with Gasteiger partial charge in [-0.25, -0.2) is 9.59 Å². The molecule has 0 spiro atoms. The van der Waals surface area contributed by atoms with Gasteiger partial charge in [0.15, 0.2) is 0 Å². The van der Waals surface area contributed by atoms with Gasteiger partial charge in [-0.15, -0.1) is 0 Å². The van der Waals surface area contributed by atoms with Gasteiger partial charge < -0.3 is 20.2 Å². The lowest BCUT2D eigenvalue weighted by atomic mass is 10.00. The molecule has 1 aliphatic heterocycles. The largest absolute Gasteiger partial charge is 0.480 e. The fraction of sp³-hybridized carbons (Fsp3) is 0.833. The summed E-state index contributed by atoms with van der Waals surface area (Å²) in [6.07, 6.45) is 1.28. The van der Waals surface area contributed by atoms with Gasteiger partial charge in [-0.3, -0.25) is 0 Å². The van der Waals surface area contributed by atoms with Crippen LogP contribution in [0.4, 0.5) is 4.79 Å². The van der Waals surface area contributed by atoms with Crippen LogP contribution < -0.4 is 5.32 Å². The van der Waals surface area contributed by atoms with E-state index in [0.717, 1.165) is 19.5 Å². The van der Waals surface area contributed by atoms with Crippen LogP contribution in [0.25, 0.3) is 0 Å². The summed E-state index contributed by atoms with van der Waals surface area (Å²) in [5, 5.41) is 11.8. The molecule has 6 heteroatoms. The zero-order chi connectivity index (χ0) is 13.8. The number of amides is 2. The van der Waals surface area contributed by atoms with Crippen LogP contribution in [-0.4, -0.2) is 65.7 Å². The van der Waals surface area contributed by atoms with Gasteiger partial charge in [0.05, 0.1) is 0 Å². The Morgan fingerprint density at radius 3 is 2.50 bits per heavy atom. The average molecular weight is 257 g/mol. The third-order valence-electron chi connectivity index (χ3n) is 3.57. The van der Waals surface area contributed by atoms with Crippen LogP contribution in [0, 0.1) is 0 Å². The molecular formula is C12H23N3O3. The number of urea groups is 1. The fourth-order valence-electron chi connectivity index (χ4n) is 1.86. The SMILES string of the molecule is CCC(C)(NC(=O)N1CCCN(C)CC1)C(=O)O. The van der Waals surface area contributed by atoms with Crippen molar-refractivity contribution in [3.63, 3.8) is 0 Å². The summed E-state index contributed by atoms with van der Waals surface area (Å²) in [5.74, 6) is -0.995. The summed E-state index contributed by atoms with van der Waals surface area (Å²) in [6, 6.07) is -0.281. The first-order chi connectivity index (χ1) is 8.39. The molecule has 0 saturated carbocycles. The van der Waals surface area contributed by atoms with Crippen molar-refractivity contribution in [1.29, 1.82) is 0 Å². The van der Waals surface area contributed by atoms with Crippen molar-refractivity contribution in [2.45, 2.75) is 32.2 Å². The smallest absolute Gasteiger partial charge is 0.329 e. The van der Waals surface area contributed by atoms with E-state index < -0.39 is 11.5 Å². The Kier molecular flexibility index (Phi) is 4.95. The van der Waals surface area contributed by atoms with Gasteiger partial charge in [-0.1, -0.05) is 6.92 Å². The quantitative estimate of drug-likeness (QED) is 0.776. The first kappa shape index (κ1) is 14.8. The lowest BCUT2D eigenvalue weighted by Crippen LogP contribution is -2.56. The van der Waals surface area contributed by atoms with E-state index >= 15 is 0 Å². The molecule has 0 bridgehead atoms. The number of aliphatic carboxylic acids is 1. The number of nitrogens with one attached hydrogen (secondary N) is 1. The first-order valence-electron chi connectivity index (χ1n) is 6.38. The Labute approximate surface area is 108 Å². The zero-order valence-corrected chi connectivity index (χ0v) is 11.4. The lowest BCUT2D eigenvalue weighted by molar-refractivity contribution is -0.143. The number of rotatable bonds is 3. The van der Waals surface area contributed by atoms with E-state index in [4.69, 9.17) is 5.11 Å². The Morgan fingerprint density at radius 1 is 1.28 bits per heavy atom. The summed E-state index contributed by atoms with van der Waals surface area (Å²) in [7, 11) is 2.02. The first-order valence-corrected chi connectivity index (χ1v) is 6.38. The van der Waals surface area contributed by atoms with Gasteiger partial charge in [-0.2, -0.15) is 0 Å². The van der Waals surface area contributed by atoms with Crippen molar-refractivity contribution in [2.24, 2.45) is 0 Å². The van der Waals surface area contributed by atoms with Gasteiger partial charge in [-0.05, 0) is 33.4 Å². The van der Waals surface area contributed by atoms with Gasteiger partial charge in [0, 0.05) is 19.6 Å². The van der Waals surface area contributed by atoms with E-state index in [1.54, 1.807) is 11.8 Å². The van der Waals surface area contributed by atoms with Crippen molar-refractivity contribution < 1.29 is 14.7 Å². The van der Waals surface area contributed by atoms with E-state index in [0.29, 0.717) is 19.5 Å². The molecule has 2 N–H and O–H groups in total. The molecule has 1 fully saturated rings.